The standard InChI is InChI=1S/C5H3Cl3O3/c6-3(9)1-2(4(7)10)5(8)11/h2H,1H2. The second-order valence-electron chi connectivity index (χ2n) is 1.72. The van der Waals surface area contributed by atoms with Gasteiger partial charge in [-0.25, -0.2) is 0 Å². The van der Waals surface area contributed by atoms with Crippen molar-refractivity contribution in [3.8, 4) is 0 Å². The summed E-state index contributed by atoms with van der Waals surface area (Å²) in [5, 5.41) is -2.77. The normalized spacial score (nSPS) is 9.82. The molecule has 0 N–H and O–H groups in total. The predicted molar refractivity (Wildman–Crippen MR) is 40.7 cm³/mol. The van der Waals surface area contributed by atoms with E-state index in [9.17, 15) is 14.4 Å². The first kappa shape index (κ1) is 10.9. The summed E-state index contributed by atoms with van der Waals surface area (Å²) in [4.78, 5) is 30.9. The lowest BCUT2D eigenvalue weighted by molar-refractivity contribution is -0.127. The molecule has 0 saturated heterocycles. The molecule has 0 heterocycles. The highest BCUT2D eigenvalue weighted by molar-refractivity contribution is 6.74. The first-order valence-corrected chi connectivity index (χ1v) is 3.65. The second-order valence-corrected chi connectivity index (χ2v) is 2.89. The van der Waals surface area contributed by atoms with Gasteiger partial charge in [-0.2, -0.15) is 0 Å². The fourth-order valence-corrected chi connectivity index (χ4v) is 0.973. The van der Waals surface area contributed by atoms with E-state index in [4.69, 9.17) is 34.8 Å². The largest absolute Gasteiger partial charge is 0.281 e. The van der Waals surface area contributed by atoms with Crippen LogP contribution in [0.25, 0.3) is 0 Å². The summed E-state index contributed by atoms with van der Waals surface area (Å²) in [7, 11) is 0. The summed E-state index contributed by atoms with van der Waals surface area (Å²) < 4.78 is 0. The number of halogens is 3. The molecule has 0 rings (SSSR count). The van der Waals surface area contributed by atoms with E-state index in [1.807, 2.05) is 0 Å². The van der Waals surface area contributed by atoms with Crippen molar-refractivity contribution in [2.45, 2.75) is 6.42 Å². The summed E-state index contributed by atoms with van der Waals surface area (Å²) in [6.45, 7) is 0. The summed E-state index contributed by atoms with van der Waals surface area (Å²) in [6.07, 6.45) is -0.452. The van der Waals surface area contributed by atoms with E-state index in [2.05, 4.69) is 0 Å². The van der Waals surface area contributed by atoms with Crippen molar-refractivity contribution >= 4 is 50.5 Å². The van der Waals surface area contributed by atoms with Crippen LogP contribution in [-0.4, -0.2) is 15.7 Å². The number of carbonyl (C=O) groups is 3. The monoisotopic (exact) mass is 216 g/mol. The molecule has 0 aliphatic heterocycles. The molecule has 0 saturated carbocycles. The maximum Gasteiger partial charge on any atom is 0.233 e. The average molecular weight is 217 g/mol. The molecular formula is C5H3Cl3O3. The van der Waals surface area contributed by atoms with Gasteiger partial charge in [0.25, 0.3) is 0 Å². The molecule has 6 heteroatoms. The first-order valence-electron chi connectivity index (χ1n) is 2.52. The van der Waals surface area contributed by atoms with E-state index < -0.39 is 28.1 Å². The molecular weight excluding hydrogens is 214 g/mol. The Balaban J connectivity index is 4.23. The van der Waals surface area contributed by atoms with Gasteiger partial charge in [-0.05, 0) is 34.8 Å². The van der Waals surface area contributed by atoms with Crippen LogP contribution >= 0.6 is 34.8 Å². The Kier molecular flexibility index (Phi) is 4.65. The maximum atomic E-state index is 10.4. The molecule has 62 valence electrons. The quantitative estimate of drug-likeness (QED) is 0.527. The van der Waals surface area contributed by atoms with E-state index in [0.717, 1.165) is 0 Å². The van der Waals surface area contributed by atoms with Crippen LogP contribution in [0.5, 0.6) is 0 Å². The van der Waals surface area contributed by atoms with Crippen molar-refractivity contribution in [3.63, 3.8) is 0 Å². The van der Waals surface area contributed by atoms with Crippen molar-refractivity contribution < 1.29 is 14.4 Å². The molecule has 0 aliphatic carbocycles. The lowest BCUT2D eigenvalue weighted by atomic mass is 10.1. The maximum absolute atomic E-state index is 10.4. The van der Waals surface area contributed by atoms with Crippen LogP contribution in [0.1, 0.15) is 6.42 Å². The van der Waals surface area contributed by atoms with Crippen molar-refractivity contribution in [2.24, 2.45) is 5.92 Å². The van der Waals surface area contributed by atoms with Crippen LogP contribution in [-0.2, 0) is 14.4 Å². The molecule has 0 spiro atoms. The highest BCUT2D eigenvalue weighted by atomic mass is 35.5. The van der Waals surface area contributed by atoms with Crippen molar-refractivity contribution in [3.05, 3.63) is 0 Å². The Morgan fingerprint density at radius 1 is 1.00 bits per heavy atom. The minimum absolute atomic E-state index is 0.452. The minimum Gasteiger partial charge on any atom is -0.281 e. The van der Waals surface area contributed by atoms with Gasteiger partial charge in [0.05, 0.1) is 0 Å². The summed E-state index contributed by atoms with van der Waals surface area (Å²) >= 11 is 14.8. The molecule has 0 atom stereocenters. The smallest absolute Gasteiger partial charge is 0.233 e. The fraction of sp³-hybridized carbons (Fsp3) is 0.400. The minimum atomic E-state index is -1.32. The molecule has 11 heavy (non-hydrogen) atoms. The number of rotatable bonds is 4. The van der Waals surface area contributed by atoms with E-state index in [-0.39, 0.29) is 0 Å². The van der Waals surface area contributed by atoms with Gasteiger partial charge < -0.3 is 0 Å². The highest BCUT2D eigenvalue weighted by Gasteiger charge is 2.25. The highest BCUT2D eigenvalue weighted by Crippen LogP contribution is 2.13. The molecule has 3 nitrogen and oxygen atoms in total. The van der Waals surface area contributed by atoms with Gasteiger partial charge in [-0.15, -0.1) is 0 Å². The molecule has 0 aromatic rings. The Hall–Kier alpha value is -0.120. The fourth-order valence-electron chi connectivity index (χ4n) is 0.410. The number of hydrogen-bond acceptors (Lipinski definition) is 3. The van der Waals surface area contributed by atoms with Gasteiger partial charge in [-0.3, -0.25) is 14.4 Å². The van der Waals surface area contributed by atoms with Gasteiger partial charge in [0.1, 0.15) is 5.92 Å². The van der Waals surface area contributed by atoms with Crippen molar-refractivity contribution in [1.82, 2.24) is 0 Å². The molecule has 0 bridgehead atoms. The Labute approximate surface area is 77.6 Å². The summed E-state index contributed by atoms with van der Waals surface area (Å²) in [5.41, 5.74) is 0. The molecule has 0 aromatic carbocycles. The zero-order valence-electron chi connectivity index (χ0n) is 5.14. The molecule has 0 amide bonds. The number of hydrogen-bond donors (Lipinski definition) is 0. The van der Waals surface area contributed by atoms with Crippen LogP contribution in [0.15, 0.2) is 0 Å². The molecule has 0 aromatic heterocycles. The van der Waals surface area contributed by atoms with Gasteiger partial charge in [0.2, 0.25) is 15.7 Å². The lowest BCUT2D eigenvalue weighted by Gasteiger charge is -2.01. The molecule has 0 radical (unpaired) electrons. The molecule has 0 fully saturated rings. The van der Waals surface area contributed by atoms with E-state index >= 15 is 0 Å². The van der Waals surface area contributed by atoms with E-state index in [1.54, 1.807) is 0 Å². The summed E-state index contributed by atoms with van der Waals surface area (Å²) in [5.74, 6) is -1.32. The Bertz CT molecular complexity index is 187. The zero-order valence-corrected chi connectivity index (χ0v) is 7.41. The molecule has 0 aliphatic rings. The van der Waals surface area contributed by atoms with Crippen LogP contribution in [0, 0.1) is 5.92 Å². The van der Waals surface area contributed by atoms with Crippen LogP contribution in [0.3, 0.4) is 0 Å². The zero-order chi connectivity index (χ0) is 9.02. The first-order chi connectivity index (χ1) is 4.95. The SMILES string of the molecule is O=C(Cl)CC(C(=O)Cl)C(=O)Cl. The molecule has 0 unspecified atom stereocenters. The van der Waals surface area contributed by atoms with E-state index in [0.29, 0.717) is 0 Å². The number of carbonyl (C=O) groups excluding carboxylic acids is 3. The van der Waals surface area contributed by atoms with Gasteiger partial charge in [0.15, 0.2) is 0 Å². The van der Waals surface area contributed by atoms with Crippen molar-refractivity contribution in [1.29, 1.82) is 0 Å². The topological polar surface area (TPSA) is 51.2 Å². The summed E-state index contributed by atoms with van der Waals surface area (Å²) in [6, 6.07) is 0. The predicted octanol–water partition coefficient (Wildman–Crippen LogP) is 1.29. The van der Waals surface area contributed by atoms with Crippen LogP contribution < -0.4 is 0 Å². The Morgan fingerprint density at radius 2 is 1.36 bits per heavy atom. The second kappa shape index (κ2) is 4.70. The third-order valence-corrected chi connectivity index (χ3v) is 1.59. The lowest BCUT2D eigenvalue weighted by Crippen LogP contribution is -2.18. The van der Waals surface area contributed by atoms with Crippen LogP contribution in [0.2, 0.25) is 0 Å². The van der Waals surface area contributed by atoms with Gasteiger partial charge in [0, 0.05) is 6.42 Å². The average Bonchev–Trinajstić information content (AvgIpc) is 1.81. The Morgan fingerprint density at radius 3 is 1.45 bits per heavy atom. The third-order valence-electron chi connectivity index (χ3n) is 0.913. The third kappa shape index (κ3) is 4.35. The van der Waals surface area contributed by atoms with E-state index in [1.165, 1.54) is 0 Å². The van der Waals surface area contributed by atoms with Crippen molar-refractivity contribution in [2.75, 3.05) is 0 Å². The van der Waals surface area contributed by atoms with Crippen LogP contribution in [0.4, 0.5) is 0 Å². The van der Waals surface area contributed by atoms with Gasteiger partial charge in [-0.1, -0.05) is 0 Å². The van der Waals surface area contributed by atoms with Gasteiger partial charge >= 0.3 is 0 Å².